The summed E-state index contributed by atoms with van der Waals surface area (Å²) < 4.78 is 5.97. The van der Waals surface area contributed by atoms with Gasteiger partial charge in [0, 0.05) is 11.6 Å². The SMILES string of the molecule is CC.CC(C)CCN1CCC(NCc2ccc(-c3ccc(Cl)c(Cl)c3)o2)CC1. The molecule has 1 aromatic carbocycles. The topological polar surface area (TPSA) is 28.4 Å². The first-order valence-corrected chi connectivity index (χ1v) is 11.3. The lowest BCUT2D eigenvalue weighted by Gasteiger charge is -2.32. The number of furan rings is 1. The summed E-state index contributed by atoms with van der Waals surface area (Å²) in [5.74, 6) is 2.56. The zero-order valence-electron chi connectivity index (χ0n) is 17.6. The van der Waals surface area contributed by atoms with E-state index < -0.39 is 0 Å². The molecule has 156 valence electrons. The molecule has 0 radical (unpaired) electrons. The van der Waals surface area contributed by atoms with Crippen molar-refractivity contribution >= 4 is 23.2 Å². The molecule has 1 saturated heterocycles. The molecule has 1 aliphatic rings. The van der Waals surface area contributed by atoms with Gasteiger partial charge in [-0.05, 0) is 75.1 Å². The van der Waals surface area contributed by atoms with Gasteiger partial charge >= 0.3 is 0 Å². The Morgan fingerprint density at radius 3 is 2.43 bits per heavy atom. The van der Waals surface area contributed by atoms with Crippen LogP contribution in [0.15, 0.2) is 34.7 Å². The first-order chi connectivity index (χ1) is 13.5. The molecule has 1 N–H and O–H groups in total. The molecule has 0 bridgehead atoms. The third-order valence-corrected chi connectivity index (χ3v) is 5.78. The fraction of sp³-hybridized carbons (Fsp3) is 0.565. The summed E-state index contributed by atoms with van der Waals surface area (Å²) in [4.78, 5) is 2.59. The second kappa shape index (κ2) is 11.9. The van der Waals surface area contributed by atoms with E-state index in [1.165, 1.54) is 38.9 Å². The maximum atomic E-state index is 6.09. The van der Waals surface area contributed by atoms with Crippen molar-refractivity contribution in [3.8, 4) is 11.3 Å². The first kappa shape index (κ1) is 23.3. The fourth-order valence-electron chi connectivity index (χ4n) is 3.32. The van der Waals surface area contributed by atoms with E-state index in [1.54, 1.807) is 6.07 Å². The van der Waals surface area contributed by atoms with Gasteiger partial charge in [-0.3, -0.25) is 0 Å². The minimum atomic E-state index is 0.546. The van der Waals surface area contributed by atoms with Crippen LogP contribution in [0.3, 0.4) is 0 Å². The summed E-state index contributed by atoms with van der Waals surface area (Å²) in [6.07, 6.45) is 3.71. The van der Waals surface area contributed by atoms with Crippen LogP contribution in [0.2, 0.25) is 10.0 Å². The van der Waals surface area contributed by atoms with Gasteiger partial charge in [-0.25, -0.2) is 0 Å². The minimum Gasteiger partial charge on any atom is -0.460 e. The van der Waals surface area contributed by atoms with E-state index in [0.29, 0.717) is 16.1 Å². The first-order valence-electron chi connectivity index (χ1n) is 10.5. The molecule has 0 unspecified atom stereocenters. The Labute approximate surface area is 180 Å². The summed E-state index contributed by atoms with van der Waals surface area (Å²) in [5.41, 5.74) is 0.948. The smallest absolute Gasteiger partial charge is 0.134 e. The maximum absolute atomic E-state index is 6.09. The molecule has 3 rings (SSSR count). The second-order valence-corrected chi connectivity index (χ2v) is 8.39. The third kappa shape index (κ3) is 7.11. The quantitative estimate of drug-likeness (QED) is 0.524. The zero-order valence-corrected chi connectivity index (χ0v) is 19.1. The van der Waals surface area contributed by atoms with Gasteiger partial charge in [0.05, 0.1) is 16.6 Å². The van der Waals surface area contributed by atoms with Crippen LogP contribution in [-0.4, -0.2) is 30.6 Å². The molecule has 28 heavy (non-hydrogen) atoms. The summed E-state index contributed by atoms with van der Waals surface area (Å²) in [6.45, 7) is 13.0. The Bertz CT molecular complexity index is 706. The van der Waals surface area contributed by atoms with Crippen molar-refractivity contribution in [1.29, 1.82) is 0 Å². The van der Waals surface area contributed by atoms with Crippen LogP contribution in [0.4, 0.5) is 0 Å². The van der Waals surface area contributed by atoms with Crippen molar-refractivity contribution in [2.45, 2.75) is 59.5 Å². The summed E-state index contributed by atoms with van der Waals surface area (Å²) in [5, 5.41) is 4.75. The zero-order chi connectivity index (χ0) is 20.5. The summed E-state index contributed by atoms with van der Waals surface area (Å²) in [6, 6.07) is 10.2. The highest BCUT2D eigenvalue weighted by atomic mass is 35.5. The van der Waals surface area contributed by atoms with Crippen molar-refractivity contribution in [2.75, 3.05) is 19.6 Å². The van der Waals surface area contributed by atoms with Crippen LogP contribution >= 0.6 is 23.2 Å². The lowest BCUT2D eigenvalue weighted by molar-refractivity contribution is 0.187. The predicted octanol–water partition coefficient (Wildman–Crippen LogP) is 6.88. The van der Waals surface area contributed by atoms with Crippen LogP contribution in [0.25, 0.3) is 11.3 Å². The van der Waals surface area contributed by atoms with Crippen molar-refractivity contribution < 1.29 is 4.42 Å². The number of hydrogen-bond acceptors (Lipinski definition) is 3. The normalized spacial score (nSPS) is 15.5. The minimum absolute atomic E-state index is 0.546. The Hall–Kier alpha value is -1.00. The average Bonchev–Trinajstić information content (AvgIpc) is 3.18. The Kier molecular flexibility index (Phi) is 9.87. The van der Waals surface area contributed by atoms with Crippen LogP contribution in [0, 0.1) is 5.92 Å². The van der Waals surface area contributed by atoms with Gasteiger partial charge in [-0.2, -0.15) is 0 Å². The van der Waals surface area contributed by atoms with Crippen LogP contribution < -0.4 is 5.32 Å². The van der Waals surface area contributed by atoms with Crippen molar-refractivity contribution in [1.82, 2.24) is 10.2 Å². The van der Waals surface area contributed by atoms with Gasteiger partial charge in [0.2, 0.25) is 0 Å². The third-order valence-electron chi connectivity index (χ3n) is 5.04. The molecular weight excluding hydrogens is 391 g/mol. The van der Waals surface area contributed by atoms with Crippen LogP contribution in [0.5, 0.6) is 0 Å². The number of halogens is 2. The van der Waals surface area contributed by atoms with Gasteiger partial charge in [0.1, 0.15) is 11.5 Å². The van der Waals surface area contributed by atoms with E-state index in [4.69, 9.17) is 27.6 Å². The lowest BCUT2D eigenvalue weighted by atomic mass is 10.0. The molecule has 0 spiro atoms. The Morgan fingerprint density at radius 1 is 1.07 bits per heavy atom. The number of nitrogens with zero attached hydrogens (tertiary/aromatic N) is 1. The highest BCUT2D eigenvalue weighted by molar-refractivity contribution is 6.42. The van der Waals surface area contributed by atoms with E-state index in [-0.39, 0.29) is 0 Å². The molecule has 3 nitrogen and oxygen atoms in total. The van der Waals surface area contributed by atoms with E-state index in [2.05, 4.69) is 24.1 Å². The molecular formula is C23H34Cl2N2O. The molecule has 1 aliphatic heterocycles. The van der Waals surface area contributed by atoms with Crippen molar-refractivity contribution in [3.05, 3.63) is 46.1 Å². The number of hydrogen-bond donors (Lipinski definition) is 1. The number of nitrogens with one attached hydrogen (secondary N) is 1. The molecule has 2 heterocycles. The average molecular weight is 425 g/mol. The van der Waals surface area contributed by atoms with Gasteiger partial charge in [-0.1, -0.05) is 50.9 Å². The van der Waals surface area contributed by atoms with Gasteiger partial charge in [0.25, 0.3) is 0 Å². The Balaban J connectivity index is 0.00000136. The standard InChI is InChI=1S/C21H28Cl2N2O.C2H6/c1-15(2)7-10-25-11-8-17(9-12-25)24-14-18-4-6-21(26-18)16-3-5-19(22)20(23)13-16;1-2/h3-6,13,15,17,24H,7-12,14H2,1-2H3;1-2H3. The van der Waals surface area contributed by atoms with Crippen LogP contribution in [0.1, 0.15) is 52.7 Å². The van der Waals surface area contributed by atoms with Crippen molar-refractivity contribution in [2.24, 2.45) is 5.92 Å². The van der Waals surface area contributed by atoms with Gasteiger partial charge < -0.3 is 14.6 Å². The van der Waals surface area contributed by atoms with E-state index in [1.807, 2.05) is 38.1 Å². The summed E-state index contributed by atoms with van der Waals surface area (Å²) in [7, 11) is 0. The molecule has 0 saturated carbocycles. The monoisotopic (exact) mass is 424 g/mol. The Morgan fingerprint density at radius 2 is 1.79 bits per heavy atom. The number of rotatable bonds is 7. The largest absolute Gasteiger partial charge is 0.460 e. The molecule has 0 amide bonds. The number of benzene rings is 1. The molecule has 1 fully saturated rings. The van der Waals surface area contributed by atoms with Gasteiger partial charge in [-0.15, -0.1) is 0 Å². The fourth-order valence-corrected chi connectivity index (χ4v) is 3.62. The molecule has 5 heteroatoms. The lowest BCUT2D eigenvalue weighted by Crippen LogP contribution is -2.42. The van der Waals surface area contributed by atoms with Crippen LogP contribution in [-0.2, 0) is 6.54 Å². The van der Waals surface area contributed by atoms with E-state index in [9.17, 15) is 0 Å². The van der Waals surface area contributed by atoms with E-state index in [0.717, 1.165) is 29.5 Å². The predicted molar refractivity (Wildman–Crippen MR) is 121 cm³/mol. The van der Waals surface area contributed by atoms with Gasteiger partial charge in [0.15, 0.2) is 0 Å². The molecule has 0 atom stereocenters. The van der Waals surface area contributed by atoms with E-state index >= 15 is 0 Å². The molecule has 1 aromatic heterocycles. The molecule has 0 aliphatic carbocycles. The second-order valence-electron chi connectivity index (χ2n) is 7.57. The highest BCUT2D eigenvalue weighted by Gasteiger charge is 2.19. The molecule has 2 aromatic rings. The summed E-state index contributed by atoms with van der Waals surface area (Å²) >= 11 is 12.1. The maximum Gasteiger partial charge on any atom is 0.134 e. The number of piperidine rings is 1. The highest BCUT2D eigenvalue weighted by Crippen LogP contribution is 2.29. The number of likely N-dealkylation sites (tertiary alicyclic amines) is 1. The van der Waals surface area contributed by atoms with Crippen molar-refractivity contribution in [3.63, 3.8) is 0 Å².